The number of nitrogens with zero attached hydrogens (tertiary/aromatic N) is 2. The Morgan fingerprint density at radius 3 is 2.94 bits per heavy atom. The summed E-state index contributed by atoms with van der Waals surface area (Å²) in [5.41, 5.74) is 0.966. The molecule has 18 heavy (non-hydrogen) atoms. The summed E-state index contributed by atoms with van der Waals surface area (Å²) in [6.07, 6.45) is 5.09. The Morgan fingerprint density at radius 2 is 2.33 bits per heavy atom. The van der Waals surface area contributed by atoms with Crippen LogP contribution >= 0.6 is 0 Å². The Balaban J connectivity index is 1.89. The molecule has 0 radical (unpaired) electrons. The molecule has 1 aromatic rings. The molecule has 1 saturated carbocycles. The summed E-state index contributed by atoms with van der Waals surface area (Å²) < 4.78 is 0. The monoisotopic (exact) mass is 247 g/mol. The number of aromatic nitrogens is 1. The van der Waals surface area contributed by atoms with Gasteiger partial charge in [-0.15, -0.1) is 0 Å². The summed E-state index contributed by atoms with van der Waals surface area (Å²) >= 11 is 0. The van der Waals surface area contributed by atoms with Crippen molar-refractivity contribution in [3.63, 3.8) is 0 Å². The molecule has 1 N–H and O–H groups in total. The van der Waals surface area contributed by atoms with E-state index >= 15 is 0 Å². The third-order valence-corrected chi connectivity index (χ3v) is 3.07. The maximum Gasteiger partial charge on any atom is 0.237 e. The van der Waals surface area contributed by atoms with E-state index < -0.39 is 0 Å². The van der Waals surface area contributed by atoms with Gasteiger partial charge in [0, 0.05) is 12.2 Å². The van der Waals surface area contributed by atoms with Gasteiger partial charge in [-0.05, 0) is 37.9 Å². The lowest BCUT2D eigenvalue weighted by Crippen LogP contribution is -2.39. The molecule has 0 unspecified atom stereocenters. The summed E-state index contributed by atoms with van der Waals surface area (Å²) in [6, 6.07) is 6.27. The van der Waals surface area contributed by atoms with Gasteiger partial charge in [-0.1, -0.05) is 13.0 Å². The second kappa shape index (κ2) is 6.50. The maximum atomic E-state index is 12.1. The van der Waals surface area contributed by atoms with Crippen molar-refractivity contribution in [2.75, 3.05) is 13.1 Å². The lowest BCUT2D eigenvalue weighted by Gasteiger charge is -2.22. The Labute approximate surface area is 108 Å². The molecule has 0 atom stereocenters. The number of carbonyl (C=O) groups is 1. The van der Waals surface area contributed by atoms with E-state index in [9.17, 15) is 4.79 Å². The van der Waals surface area contributed by atoms with Gasteiger partial charge < -0.3 is 10.2 Å². The lowest BCUT2D eigenvalue weighted by molar-refractivity contribution is -0.131. The van der Waals surface area contributed by atoms with E-state index in [0.717, 1.165) is 31.5 Å². The molecule has 0 saturated heterocycles. The van der Waals surface area contributed by atoms with Crippen LogP contribution in [0.4, 0.5) is 0 Å². The molecule has 4 heteroatoms. The highest BCUT2D eigenvalue weighted by Gasteiger charge is 2.32. The molecule has 0 bridgehead atoms. The normalized spacial score (nSPS) is 14.5. The molecule has 0 aromatic carbocycles. The van der Waals surface area contributed by atoms with E-state index in [1.54, 1.807) is 6.20 Å². The lowest BCUT2D eigenvalue weighted by atomic mass is 10.3. The topological polar surface area (TPSA) is 45.2 Å². The molecule has 1 aliphatic carbocycles. The van der Waals surface area contributed by atoms with Crippen molar-refractivity contribution in [1.29, 1.82) is 0 Å². The molecular formula is C14H21N3O. The standard InChI is InChI=1S/C14H21N3O/c1-2-8-15-10-14(18)17(13-6-7-13)11-12-5-3-4-9-16-12/h3-5,9,13,15H,2,6-8,10-11H2,1H3. The first-order valence-electron chi connectivity index (χ1n) is 6.71. The number of hydrogen-bond donors (Lipinski definition) is 1. The van der Waals surface area contributed by atoms with Crippen LogP contribution in [0.25, 0.3) is 0 Å². The fraction of sp³-hybridized carbons (Fsp3) is 0.571. The Bertz CT molecular complexity index is 376. The van der Waals surface area contributed by atoms with Gasteiger partial charge in [0.15, 0.2) is 0 Å². The van der Waals surface area contributed by atoms with Crippen LogP contribution in [0.3, 0.4) is 0 Å². The Kier molecular flexibility index (Phi) is 4.70. The first-order chi connectivity index (χ1) is 8.81. The molecular weight excluding hydrogens is 226 g/mol. The molecule has 1 aromatic heterocycles. The van der Waals surface area contributed by atoms with E-state index in [0.29, 0.717) is 19.1 Å². The van der Waals surface area contributed by atoms with E-state index in [2.05, 4.69) is 17.2 Å². The number of pyridine rings is 1. The van der Waals surface area contributed by atoms with Crippen LogP contribution in [0.2, 0.25) is 0 Å². The van der Waals surface area contributed by atoms with Crippen molar-refractivity contribution in [2.24, 2.45) is 0 Å². The molecule has 1 fully saturated rings. The molecule has 1 amide bonds. The highest BCUT2D eigenvalue weighted by atomic mass is 16.2. The van der Waals surface area contributed by atoms with Crippen molar-refractivity contribution >= 4 is 5.91 Å². The largest absolute Gasteiger partial charge is 0.333 e. The van der Waals surface area contributed by atoms with Crippen molar-refractivity contribution in [3.8, 4) is 0 Å². The van der Waals surface area contributed by atoms with Crippen LogP contribution in [0, 0.1) is 0 Å². The molecule has 0 spiro atoms. The van der Waals surface area contributed by atoms with Gasteiger partial charge in [0.2, 0.25) is 5.91 Å². The first-order valence-corrected chi connectivity index (χ1v) is 6.71. The second-order valence-electron chi connectivity index (χ2n) is 4.75. The fourth-order valence-electron chi connectivity index (χ4n) is 1.95. The first kappa shape index (κ1) is 13.0. The van der Waals surface area contributed by atoms with Gasteiger partial charge in [-0.25, -0.2) is 0 Å². The minimum absolute atomic E-state index is 0.191. The van der Waals surface area contributed by atoms with Crippen LogP contribution in [-0.4, -0.2) is 34.9 Å². The third-order valence-electron chi connectivity index (χ3n) is 3.07. The smallest absolute Gasteiger partial charge is 0.237 e. The Hall–Kier alpha value is -1.42. The highest BCUT2D eigenvalue weighted by Crippen LogP contribution is 2.28. The number of rotatable bonds is 7. The van der Waals surface area contributed by atoms with Gasteiger partial charge >= 0.3 is 0 Å². The third kappa shape index (κ3) is 3.81. The summed E-state index contributed by atoms with van der Waals surface area (Å²) in [7, 11) is 0. The van der Waals surface area contributed by atoms with E-state index in [1.165, 1.54) is 0 Å². The van der Waals surface area contributed by atoms with Gasteiger partial charge in [0.25, 0.3) is 0 Å². The number of nitrogens with one attached hydrogen (secondary N) is 1. The molecule has 2 rings (SSSR count). The zero-order valence-electron chi connectivity index (χ0n) is 10.9. The number of hydrogen-bond acceptors (Lipinski definition) is 3. The second-order valence-corrected chi connectivity index (χ2v) is 4.75. The molecule has 1 aliphatic rings. The van der Waals surface area contributed by atoms with Gasteiger partial charge in [-0.2, -0.15) is 0 Å². The zero-order valence-corrected chi connectivity index (χ0v) is 10.9. The SMILES string of the molecule is CCCNCC(=O)N(Cc1ccccn1)C1CC1. The minimum atomic E-state index is 0.191. The minimum Gasteiger partial charge on any atom is -0.333 e. The van der Waals surface area contributed by atoms with Crippen LogP contribution in [0.15, 0.2) is 24.4 Å². The van der Waals surface area contributed by atoms with Gasteiger partial charge in [0.1, 0.15) is 0 Å². The number of amides is 1. The van der Waals surface area contributed by atoms with Crippen LogP contribution in [-0.2, 0) is 11.3 Å². The molecule has 0 aliphatic heterocycles. The zero-order chi connectivity index (χ0) is 12.8. The Morgan fingerprint density at radius 1 is 1.50 bits per heavy atom. The van der Waals surface area contributed by atoms with E-state index in [4.69, 9.17) is 0 Å². The maximum absolute atomic E-state index is 12.1. The van der Waals surface area contributed by atoms with Crippen molar-refractivity contribution < 1.29 is 4.79 Å². The molecule has 1 heterocycles. The van der Waals surface area contributed by atoms with Crippen LogP contribution in [0.1, 0.15) is 31.9 Å². The highest BCUT2D eigenvalue weighted by molar-refractivity contribution is 5.78. The summed E-state index contributed by atoms with van der Waals surface area (Å²) in [6.45, 7) is 4.08. The summed E-state index contributed by atoms with van der Waals surface area (Å²) in [4.78, 5) is 18.4. The van der Waals surface area contributed by atoms with Crippen molar-refractivity contribution in [3.05, 3.63) is 30.1 Å². The predicted octanol–water partition coefficient (Wildman–Crippen LogP) is 1.57. The van der Waals surface area contributed by atoms with Crippen molar-refractivity contribution in [2.45, 2.75) is 38.8 Å². The van der Waals surface area contributed by atoms with E-state index in [-0.39, 0.29) is 5.91 Å². The van der Waals surface area contributed by atoms with Crippen LogP contribution in [0.5, 0.6) is 0 Å². The summed E-state index contributed by atoms with van der Waals surface area (Å²) in [5.74, 6) is 0.191. The quantitative estimate of drug-likeness (QED) is 0.744. The average Bonchev–Trinajstić information content (AvgIpc) is 3.21. The number of carbonyl (C=O) groups excluding carboxylic acids is 1. The molecule has 4 nitrogen and oxygen atoms in total. The van der Waals surface area contributed by atoms with E-state index in [1.807, 2.05) is 23.1 Å². The molecule has 98 valence electrons. The van der Waals surface area contributed by atoms with Gasteiger partial charge in [-0.3, -0.25) is 9.78 Å². The average molecular weight is 247 g/mol. The summed E-state index contributed by atoms with van der Waals surface area (Å²) in [5, 5.41) is 3.17. The predicted molar refractivity (Wildman–Crippen MR) is 71.0 cm³/mol. The van der Waals surface area contributed by atoms with Gasteiger partial charge in [0.05, 0.1) is 18.8 Å². The van der Waals surface area contributed by atoms with Crippen LogP contribution < -0.4 is 5.32 Å². The fourth-order valence-corrected chi connectivity index (χ4v) is 1.95. The van der Waals surface area contributed by atoms with Crippen molar-refractivity contribution in [1.82, 2.24) is 15.2 Å².